The van der Waals surface area contributed by atoms with Crippen molar-refractivity contribution in [3.8, 4) is 0 Å². The summed E-state index contributed by atoms with van der Waals surface area (Å²) in [5.41, 5.74) is 1.47. The van der Waals surface area contributed by atoms with Gasteiger partial charge in [0.2, 0.25) is 9.84 Å². The molecule has 0 heterocycles. The molecule has 0 saturated carbocycles. The van der Waals surface area contributed by atoms with Crippen LogP contribution in [0.4, 0.5) is 14.5 Å². The number of amides is 1. The number of para-hydroxylation sites is 1. The zero-order chi connectivity index (χ0) is 20.0. The lowest BCUT2D eigenvalue weighted by atomic mass is 10.1. The number of carbonyl (C=O) groups excluding carboxylic acids is 2. The van der Waals surface area contributed by atoms with Crippen molar-refractivity contribution in [1.29, 1.82) is 0 Å². The second kappa shape index (κ2) is 8.72. The molecule has 1 N–H and O–H groups in total. The standard InChI is InChI=1S/C18H17F2NO5S/c1-2-12-5-3-4-6-15(12)21-16(22)11-26-17(23)13-7-9-14(10-8-13)27(24,25)18(19)20/h3-10,18H,2,11H2,1H3,(H,21,22). The first-order valence-corrected chi connectivity index (χ1v) is 9.47. The average molecular weight is 397 g/mol. The first kappa shape index (κ1) is 20.5. The van der Waals surface area contributed by atoms with Crippen molar-refractivity contribution < 1.29 is 31.5 Å². The van der Waals surface area contributed by atoms with E-state index in [0.717, 1.165) is 29.8 Å². The monoisotopic (exact) mass is 397 g/mol. The molecule has 0 unspecified atom stereocenters. The van der Waals surface area contributed by atoms with Crippen LogP contribution in [0.3, 0.4) is 0 Å². The van der Waals surface area contributed by atoms with E-state index < -0.39 is 39.0 Å². The summed E-state index contributed by atoms with van der Waals surface area (Å²) in [5.74, 6) is -4.97. The number of esters is 1. The Bertz CT molecular complexity index is 927. The van der Waals surface area contributed by atoms with Crippen molar-refractivity contribution in [3.63, 3.8) is 0 Å². The van der Waals surface area contributed by atoms with E-state index in [2.05, 4.69) is 5.32 Å². The second-order valence-electron chi connectivity index (χ2n) is 5.47. The first-order valence-electron chi connectivity index (χ1n) is 7.92. The summed E-state index contributed by atoms with van der Waals surface area (Å²) < 4.78 is 52.5. The highest BCUT2D eigenvalue weighted by molar-refractivity contribution is 7.91. The van der Waals surface area contributed by atoms with Gasteiger partial charge in [-0.2, -0.15) is 8.78 Å². The van der Waals surface area contributed by atoms with E-state index in [9.17, 15) is 26.8 Å². The van der Waals surface area contributed by atoms with Crippen LogP contribution < -0.4 is 5.32 Å². The lowest BCUT2D eigenvalue weighted by molar-refractivity contribution is -0.119. The van der Waals surface area contributed by atoms with Gasteiger partial charge in [-0.3, -0.25) is 4.79 Å². The number of carbonyl (C=O) groups is 2. The number of aryl methyl sites for hydroxylation is 1. The molecule has 1 amide bonds. The molecular weight excluding hydrogens is 380 g/mol. The van der Waals surface area contributed by atoms with Crippen LogP contribution in [-0.2, 0) is 25.8 Å². The molecule has 0 atom stereocenters. The van der Waals surface area contributed by atoms with E-state index in [1.807, 2.05) is 19.1 Å². The summed E-state index contributed by atoms with van der Waals surface area (Å²) in [4.78, 5) is 23.2. The number of benzene rings is 2. The smallest absolute Gasteiger partial charge is 0.341 e. The molecule has 144 valence electrons. The Kier molecular flexibility index (Phi) is 6.62. The van der Waals surface area contributed by atoms with Crippen molar-refractivity contribution in [1.82, 2.24) is 0 Å². The molecule has 0 aromatic heterocycles. The Balaban J connectivity index is 1.96. The lowest BCUT2D eigenvalue weighted by Crippen LogP contribution is -2.21. The fourth-order valence-electron chi connectivity index (χ4n) is 2.23. The van der Waals surface area contributed by atoms with E-state index in [1.54, 1.807) is 12.1 Å². The summed E-state index contributed by atoms with van der Waals surface area (Å²) in [7, 11) is -4.74. The minimum absolute atomic E-state index is 0.0648. The summed E-state index contributed by atoms with van der Waals surface area (Å²) in [6.07, 6.45) is 0.712. The molecule has 6 nitrogen and oxygen atoms in total. The summed E-state index contributed by atoms with van der Waals surface area (Å²) in [5, 5.41) is 2.63. The molecule has 0 fully saturated rings. The van der Waals surface area contributed by atoms with Crippen molar-refractivity contribution in [2.24, 2.45) is 0 Å². The van der Waals surface area contributed by atoms with Crippen LogP contribution in [0, 0.1) is 0 Å². The highest BCUT2D eigenvalue weighted by atomic mass is 32.2. The SMILES string of the molecule is CCc1ccccc1NC(=O)COC(=O)c1ccc(S(=O)(=O)C(F)F)cc1. The fourth-order valence-corrected chi connectivity index (χ4v) is 2.96. The zero-order valence-corrected chi connectivity index (χ0v) is 15.1. The molecule has 0 saturated heterocycles. The quantitative estimate of drug-likeness (QED) is 0.726. The largest absolute Gasteiger partial charge is 0.452 e. The van der Waals surface area contributed by atoms with Gasteiger partial charge in [0, 0.05) is 5.69 Å². The molecule has 0 aliphatic carbocycles. The molecule has 0 radical (unpaired) electrons. The number of hydrogen-bond acceptors (Lipinski definition) is 5. The average Bonchev–Trinajstić information content (AvgIpc) is 2.66. The molecule has 2 rings (SSSR count). The Labute approximate surface area is 155 Å². The first-order chi connectivity index (χ1) is 12.8. The molecule has 9 heteroatoms. The van der Waals surface area contributed by atoms with Crippen molar-refractivity contribution in [2.75, 3.05) is 11.9 Å². The van der Waals surface area contributed by atoms with Crippen molar-refractivity contribution in [2.45, 2.75) is 24.0 Å². The molecule has 0 aliphatic heterocycles. The van der Waals surface area contributed by atoms with E-state index >= 15 is 0 Å². The number of nitrogens with one attached hydrogen (secondary N) is 1. The van der Waals surface area contributed by atoms with Crippen LogP contribution in [0.1, 0.15) is 22.8 Å². The van der Waals surface area contributed by atoms with Crippen LogP contribution in [0.5, 0.6) is 0 Å². The lowest BCUT2D eigenvalue weighted by Gasteiger charge is -2.10. The van der Waals surface area contributed by atoms with Crippen molar-refractivity contribution >= 4 is 27.4 Å². The molecule has 0 bridgehead atoms. The third-order valence-corrected chi connectivity index (χ3v) is 5.06. The van der Waals surface area contributed by atoms with E-state index in [1.165, 1.54) is 0 Å². The highest BCUT2D eigenvalue weighted by Gasteiger charge is 2.26. The number of anilines is 1. The summed E-state index contributed by atoms with van der Waals surface area (Å²) in [6, 6.07) is 11.0. The van der Waals surface area contributed by atoms with Gasteiger partial charge in [-0.05, 0) is 42.3 Å². The third kappa shape index (κ3) is 5.10. The summed E-state index contributed by atoms with van der Waals surface area (Å²) in [6.45, 7) is 1.39. The normalized spacial score (nSPS) is 11.3. The maximum atomic E-state index is 12.5. The maximum absolute atomic E-state index is 12.5. The predicted octanol–water partition coefficient (Wildman–Crippen LogP) is 3.04. The molecule has 2 aromatic rings. The third-order valence-electron chi connectivity index (χ3n) is 3.66. The molecular formula is C18H17F2NO5S. The number of sulfone groups is 1. The van der Waals surface area contributed by atoms with Gasteiger partial charge in [-0.1, -0.05) is 25.1 Å². The highest BCUT2D eigenvalue weighted by Crippen LogP contribution is 2.19. The second-order valence-corrected chi connectivity index (χ2v) is 7.38. The van der Waals surface area contributed by atoms with Crippen LogP contribution in [-0.4, -0.2) is 32.7 Å². The van der Waals surface area contributed by atoms with Crippen LogP contribution in [0.2, 0.25) is 0 Å². The van der Waals surface area contributed by atoms with Gasteiger partial charge in [0.15, 0.2) is 6.61 Å². The topological polar surface area (TPSA) is 89.5 Å². The van der Waals surface area contributed by atoms with E-state index in [4.69, 9.17) is 4.74 Å². The zero-order valence-electron chi connectivity index (χ0n) is 14.3. The number of halogens is 2. The number of rotatable bonds is 7. The van der Waals surface area contributed by atoms with Crippen molar-refractivity contribution in [3.05, 3.63) is 59.7 Å². The van der Waals surface area contributed by atoms with Crippen LogP contribution in [0.25, 0.3) is 0 Å². The molecule has 0 spiro atoms. The number of ether oxygens (including phenoxy) is 1. The fraction of sp³-hybridized carbons (Fsp3) is 0.222. The Morgan fingerprint density at radius 2 is 1.70 bits per heavy atom. The van der Waals surface area contributed by atoms with E-state index in [-0.39, 0.29) is 5.56 Å². The van der Waals surface area contributed by atoms with Gasteiger partial charge in [0.25, 0.3) is 5.91 Å². The van der Waals surface area contributed by atoms with Crippen LogP contribution >= 0.6 is 0 Å². The molecule has 27 heavy (non-hydrogen) atoms. The minimum atomic E-state index is -4.74. The van der Waals surface area contributed by atoms with Gasteiger partial charge in [-0.25, -0.2) is 13.2 Å². The Morgan fingerprint density at radius 3 is 2.30 bits per heavy atom. The number of alkyl halides is 2. The molecule has 0 aliphatic rings. The van der Waals surface area contributed by atoms with Gasteiger partial charge in [-0.15, -0.1) is 0 Å². The Morgan fingerprint density at radius 1 is 1.07 bits per heavy atom. The van der Waals surface area contributed by atoms with Crippen LogP contribution in [0.15, 0.2) is 53.4 Å². The molecule has 2 aromatic carbocycles. The minimum Gasteiger partial charge on any atom is -0.452 e. The predicted molar refractivity (Wildman–Crippen MR) is 94.4 cm³/mol. The van der Waals surface area contributed by atoms with Gasteiger partial charge < -0.3 is 10.1 Å². The van der Waals surface area contributed by atoms with Gasteiger partial charge >= 0.3 is 11.7 Å². The van der Waals surface area contributed by atoms with Gasteiger partial charge in [0.1, 0.15) is 0 Å². The Hall–Kier alpha value is -2.81. The maximum Gasteiger partial charge on any atom is 0.341 e. The van der Waals surface area contributed by atoms with Gasteiger partial charge in [0.05, 0.1) is 10.5 Å². The number of hydrogen-bond donors (Lipinski definition) is 1. The summed E-state index contributed by atoms with van der Waals surface area (Å²) >= 11 is 0. The van der Waals surface area contributed by atoms with E-state index in [0.29, 0.717) is 12.1 Å².